The number of benzene rings is 1. The van der Waals surface area contributed by atoms with Gasteiger partial charge in [0.1, 0.15) is 5.75 Å². The molecule has 0 unspecified atom stereocenters. The number of ether oxygens (including phenoxy) is 2. The molecule has 1 aromatic rings. The summed E-state index contributed by atoms with van der Waals surface area (Å²) in [7, 11) is 0. The molecular formula is C14H18BrNO4. The topological polar surface area (TPSA) is 64.6 Å². The van der Waals surface area contributed by atoms with Crippen LogP contribution in [0.15, 0.2) is 28.7 Å². The van der Waals surface area contributed by atoms with E-state index in [2.05, 4.69) is 21.2 Å². The van der Waals surface area contributed by atoms with Crippen LogP contribution in [-0.4, -0.2) is 31.1 Å². The molecule has 1 N–H and O–H groups in total. The summed E-state index contributed by atoms with van der Waals surface area (Å²) in [6.07, 6.45) is 0.825. The van der Waals surface area contributed by atoms with E-state index < -0.39 is 5.97 Å². The molecule has 1 amide bonds. The maximum atomic E-state index is 11.4. The smallest absolute Gasteiger partial charge is 0.344 e. The zero-order chi connectivity index (χ0) is 15.0. The van der Waals surface area contributed by atoms with E-state index in [9.17, 15) is 9.59 Å². The molecular weight excluding hydrogens is 326 g/mol. The standard InChI is InChI=1S/C14H18BrNO4/c1-3-10(2)16-13(17)8-20-14(18)9-19-12-6-4-5-11(15)7-12/h4-7,10H,3,8-9H2,1-2H3,(H,16,17)/t10-/m0/s1. The predicted octanol–water partition coefficient (Wildman–Crippen LogP) is 2.29. The van der Waals surface area contributed by atoms with Crippen molar-refractivity contribution >= 4 is 27.8 Å². The Labute approximate surface area is 126 Å². The van der Waals surface area contributed by atoms with Gasteiger partial charge in [0.25, 0.3) is 5.91 Å². The van der Waals surface area contributed by atoms with Crippen molar-refractivity contribution in [2.24, 2.45) is 0 Å². The maximum Gasteiger partial charge on any atom is 0.344 e. The van der Waals surface area contributed by atoms with Crippen LogP contribution in [0, 0.1) is 0 Å². The van der Waals surface area contributed by atoms with Crippen molar-refractivity contribution in [1.29, 1.82) is 0 Å². The fourth-order valence-corrected chi connectivity index (χ4v) is 1.68. The Morgan fingerprint density at radius 1 is 1.35 bits per heavy atom. The van der Waals surface area contributed by atoms with Crippen molar-refractivity contribution in [3.05, 3.63) is 28.7 Å². The van der Waals surface area contributed by atoms with Crippen molar-refractivity contribution in [3.63, 3.8) is 0 Å². The molecule has 0 spiro atoms. The summed E-state index contributed by atoms with van der Waals surface area (Å²) in [6, 6.07) is 7.19. The average molecular weight is 344 g/mol. The highest BCUT2D eigenvalue weighted by Gasteiger charge is 2.10. The zero-order valence-corrected chi connectivity index (χ0v) is 13.1. The van der Waals surface area contributed by atoms with E-state index in [1.807, 2.05) is 19.9 Å². The molecule has 1 aromatic carbocycles. The lowest BCUT2D eigenvalue weighted by atomic mass is 10.2. The van der Waals surface area contributed by atoms with Crippen molar-refractivity contribution in [3.8, 4) is 5.75 Å². The van der Waals surface area contributed by atoms with Gasteiger partial charge >= 0.3 is 5.97 Å². The number of rotatable bonds is 7. The number of halogens is 1. The summed E-state index contributed by atoms with van der Waals surface area (Å²) in [6.45, 7) is 3.33. The second-order valence-corrected chi connectivity index (χ2v) is 5.20. The number of hydrogen-bond donors (Lipinski definition) is 1. The van der Waals surface area contributed by atoms with Crippen molar-refractivity contribution < 1.29 is 19.1 Å². The van der Waals surface area contributed by atoms with Crippen LogP contribution in [0.3, 0.4) is 0 Å². The van der Waals surface area contributed by atoms with E-state index in [-0.39, 0.29) is 25.2 Å². The SMILES string of the molecule is CC[C@H](C)NC(=O)COC(=O)COc1cccc(Br)c1. The molecule has 0 aliphatic heterocycles. The predicted molar refractivity (Wildman–Crippen MR) is 78.5 cm³/mol. The molecule has 0 aromatic heterocycles. The summed E-state index contributed by atoms with van der Waals surface area (Å²) >= 11 is 3.30. The van der Waals surface area contributed by atoms with Gasteiger partial charge in [-0.15, -0.1) is 0 Å². The van der Waals surface area contributed by atoms with Gasteiger partial charge in [-0.1, -0.05) is 28.9 Å². The van der Waals surface area contributed by atoms with Crippen LogP contribution in [0.2, 0.25) is 0 Å². The first-order chi connectivity index (χ1) is 9.51. The van der Waals surface area contributed by atoms with Crippen LogP contribution in [0.4, 0.5) is 0 Å². The van der Waals surface area contributed by atoms with Crippen LogP contribution in [-0.2, 0) is 14.3 Å². The molecule has 0 fully saturated rings. The van der Waals surface area contributed by atoms with Gasteiger partial charge in [-0.25, -0.2) is 4.79 Å². The Hall–Kier alpha value is -1.56. The molecule has 0 aliphatic carbocycles. The van der Waals surface area contributed by atoms with Gasteiger partial charge in [0, 0.05) is 10.5 Å². The molecule has 0 heterocycles. The number of carbonyl (C=O) groups is 2. The highest BCUT2D eigenvalue weighted by atomic mass is 79.9. The third-order valence-electron chi connectivity index (χ3n) is 2.54. The molecule has 20 heavy (non-hydrogen) atoms. The lowest BCUT2D eigenvalue weighted by Gasteiger charge is -2.11. The molecule has 6 heteroatoms. The Morgan fingerprint density at radius 3 is 2.75 bits per heavy atom. The van der Waals surface area contributed by atoms with Crippen molar-refractivity contribution in [2.75, 3.05) is 13.2 Å². The summed E-state index contributed by atoms with van der Waals surface area (Å²) in [5.74, 6) is -0.334. The zero-order valence-electron chi connectivity index (χ0n) is 11.5. The molecule has 0 bridgehead atoms. The third-order valence-corrected chi connectivity index (χ3v) is 3.03. The minimum absolute atomic E-state index is 0.0686. The van der Waals surface area contributed by atoms with E-state index >= 15 is 0 Å². The van der Waals surface area contributed by atoms with E-state index in [1.54, 1.807) is 18.2 Å². The fraction of sp³-hybridized carbons (Fsp3) is 0.429. The fourth-order valence-electron chi connectivity index (χ4n) is 1.31. The van der Waals surface area contributed by atoms with E-state index in [1.165, 1.54) is 0 Å². The summed E-state index contributed by atoms with van der Waals surface area (Å²) in [4.78, 5) is 22.8. The Morgan fingerprint density at radius 2 is 2.10 bits per heavy atom. The van der Waals surface area contributed by atoms with E-state index in [0.717, 1.165) is 10.9 Å². The van der Waals surface area contributed by atoms with Gasteiger partial charge in [0.2, 0.25) is 0 Å². The van der Waals surface area contributed by atoms with Crippen LogP contribution >= 0.6 is 15.9 Å². The van der Waals surface area contributed by atoms with Crippen LogP contribution in [0.5, 0.6) is 5.75 Å². The van der Waals surface area contributed by atoms with Gasteiger partial charge in [-0.05, 0) is 31.5 Å². The van der Waals surface area contributed by atoms with Gasteiger partial charge < -0.3 is 14.8 Å². The largest absolute Gasteiger partial charge is 0.482 e. The number of amides is 1. The molecule has 0 saturated heterocycles. The van der Waals surface area contributed by atoms with Gasteiger partial charge in [0.15, 0.2) is 13.2 Å². The Kier molecular flexibility index (Phi) is 7.08. The number of hydrogen-bond acceptors (Lipinski definition) is 4. The van der Waals surface area contributed by atoms with Gasteiger partial charge in [-0.3, -0.25) is 4.79 Å². The molecule has 0 radical (unpaired) electrons. The number of nitrogens with one attached hydrogen (secondary N) is 1. The van der Waals surface area contributed by atoms with Crippen LogP contribution in [0.1, 0.15) is 20.3 Å². The monoisotopic (exact) mass is 343 g/mol. The van der Waals surface area contributed by atoms with Crippen molar-refractivity contribution in [1.82, 2.24) is 5.32 Å². The molecule has 5 nitrogen and oxygen atoms in total. The summed E-state index contributed by atoms with van der Waals surface area (Å²) in [5.41, 5.74) is 0. The average Bonchev–Trinajstić information content (AvgIpc) is 2.42. The van der Waals surface area contributed by atoms with Gasteiger partial charge in [0.05, 0.1) is 0 Å². The lowest BCUT2D eigenvalue weighted by Crippen LogP contribution is -2.35. The minimum atomic E-state index is -0.579. The van der Waals surface area contributed by atoms with E-state index in [0.29, 0.717) is 5.75 Å². The van der Waals surface area contributed by atoms with Crippen LogP contribution < -0.4 is 10.1 Å². The van der Waals surface area contributed by atoms with Crippen LogP contribution in [0.25, 0.3) is 0 Å². The first kappa shape index (κ1) is 16.5. The Balaban J connectivity index is 2.25. The number of esters is 1. The molecule has 110 valence electrons. The summed E-state index contributed by atoms with van der Waals surface area (Å²) < 4.78 is 10.9. The maximum absolute atomic E-state index is 11.4. The first-order valence-corrected chi connectivity index (χ1v) is 7.14. The molecule has 1 rings (SSSR count). The highest BCUT2D eigenvalue weighted by Crippen LogP contribution is 2.17. The third kappa shape index (κ3) is 6.56. The Bertz CT molecular complexity index is 464. The number of carbonyl (C=O) groups excluding carboxylic acids is 2. The molecule has 1 atom stereocenters. The quantitative estimate of drug-likeness (QED) is 0.771. The van der Waals surface area contributed by atoms with Gasteiger partial charge in [-0.2, -0.15) is 0 Å². The second-order valence-electron chi connectivity index (χ2n) is 4.28. The lowest BCUT2D eigenvalue weighted by molar-refractivity contribution is -0.150. The van der Waals surface area contributed by atoms with Crippen molar-refractivity contribution in [2.45, 2.75) is 26.3 Å². The summed E-state index contributed by atoms with van der Waals surface area (Å²) in [5, 5.41) is 2.70. The first-order valence-electron chi connectivity index (χ1n) is 6.34. The minimum Gasteiger partial charge on any atom is -0.482 e. The highest BCUT2D eigenvalue weighted by molar-refractivity contribution is 9.10. The normalized spacial score (nSPS) is 11.6. The molecule has 0 aliphatic rings. The van der Waals surface area contributed by atoms with E-state index in [4.69, 9.17) is 9.47 Å². The second kappa shape index (κ2) is 8.58. The molecule has 0 saturated carbocycles.